The molecular weight excluding hydrogens is 193 g/mol. The molecule has 1 unspecified atom stereocenters. The van der Waals surface area contributed by atoms with Crippen molar-refractivity contribution >= 4 is 11.8 Å². The van der Waals surface area contributed by atoms with E-state index in [1.54, 1.807) is 0 Å². The number of aromatic nitrogens is 2. The molecule has 7 heteroatoms. The van der Waals surface area contributed by atoms with Gasteiger partial charge in [-0.3, -0.25) is 9.78 Å². The van der Waals surface area contributed by atoms with Gasteiger partial charge in [0.15, 0.2) is 5.82 Å². The van der Waals surface area contributed by atoms with Crippen molar-refractivity contribution in [2.24, 2.45) is 0 Å². The van der Waals surface area contributed by atoms with Crippen LogP contribution >= 0.6 is 0 Å². The third-order valence-corrected chi connectivity index (χ3v) is 1.50. The van der Waals surface area contributed by atoms with E-state index in [4.69, 9.17) is 5.11 Å². The molecule has 0 fully saturated rings. The number of carboxylic acids is 1. The van der Waals surface area contributed by atoms with Crippen molar-refractivity contribution in [2.75, 3.05) is 5.32 Å². The quantitative estimate of drug-likeness (QED) is 0.629. The van der Waals surface area contributed by atoms with E-state index in [0.717, 1.165) is 6.20 Å². The largest absolute Gasteiger partial charge is 0.480 e. The fourth-order valence-corrected chi connectivity index (χ4v) is 0.762. The summed E-state index contributed by atoms with van der Waals surface area (Å²) >= 11 is 0. The molecule has 76 valence electrons. The number of carbonyl (C=O) groups is 1. The van der Waals surface area contributed by atoms with Crippen LogP contribution in [-0.2, 0) is 4.79 Å². The van der Waals surface area contributed by atoms with Gasteiger partial charge >= 0.3 is 11.7 Å². The van der Waals surface area contributed by atoms with Crippen LogP contribution in [0.25, 0.3) is 0 Å². The summed E-state index contributed by atoms with van der Waals surface area (Å²) in [6.07, 6.45) is 0.718. The first-order chi connectivity index (χ1) is 6.50. The molecule has 0 aliphatic carbocycles. The molecule has 1 atom stereocenters. The van der Waals surface area contributed by atoms with Gasteiger partial charge in [-0.15, -0.1) is 0 Å². The van der Waals surface area contributed by atoms with E-state index in [1.165, 1.54) is 6.92 Å². The first-order valence-electron chi connectivity index (χ1n) is 3.75. The van der Waals surface area contributed by atoms with Crippen molar-refractivity contribution in [3.8, 4) is 0 Å². The number of rotatable bonds is 3. The average molecular weight is 201 g/mol. The summed E-state index contributed by atoms with van der Waals surface area (Å²) in [6.45, 7) is 1.32. The lowest BCUT2D eigenvalue weighted by molar-refractivity contribution is -0.137. The van der Waals surface area contributed by atoms with E-state index < -0.39 is 23.5 Å². The summed E-state index contributed by atoms with van der Waals surface area (Å²) in [7, 11) is 0. The summed E-state index contributed by atoms with van der Waals surface area (Å²) in [5.41, 5.74) is -0.744. The normalized spacial score (nSPS) is 12.1. The van der Waals surface area contributed by atoms with Crippen molar-refractivity contribution in [2.45, 2.75) is 13.0 Å². The molecule has 0 aromatic carbocycles. The second-order valence-corrected chi connectivity index (χ2v) is 2.62. The summed E-state index contributed by atoms with van der Waals surface area (Å²) in [6, 6.07) is -0.998. The van der Waals surface area contributed by atoms with E-state index >= 15 is 0 Å². The molecule has 0 aliphatic rings. The van der Waals surface area contributed by atoms with Gasteiger partial charge in [-0.2, -0.15) is 4.98 Å². The molecule has 0 bridgehead atoms. The fraction of sp³-hybridized carbons (Fsp3) is 0.286. The lowest BCUT2D eigenvalue weighted by Crippen LogP contribution is -2.28. The van der Waals surface area contributed by atoms with Gasteiger partial charge in [0.1, 0.15) is 11.9 Å². The number of nitrogens with zero attached hydrogens (tertiary/aromatic N) is 1. The number of aliphatic carboxylic acids is 1. The Bertz CT molecular complexity index is 403. The van der Waals surface area contributed by atoms with E-state index in [2.05, 4.69) is 10.3 Å². The first kappa shape index (κ1) is 10.2. The van der Waals surface area contributed by atoms with Crippen LogP contribution in [0.15, 0.2) is 11.0 Å². The second kappa shape index (κ2) is 3.86. The molecular formula is C7H8FN3O3. The summed E-state index contributed by atoms with van der Waals surface area (Å²) in [4.78, 5) is 26.2. The van der Waals surface area contributed by atoms with Gasteiger partial charge in [0.2, 0.25) is 0 Å². The molecule has 0 saturated carbocycles. The minimum absolute atomic E-state index is 0.278. The van der Waals surface area contributed by atoms with Crippen LogP contribution in [0.5, 0.6) is 0 Å². The van der Waals surface area contributed by atoms with Crippen LogP contribution in [-0.4, -0.2) is 27.1 Å². The molecule has 0 radical (unpaired) electrons. The van der Waals surface area contributed by atoms with Crippen molar-refractivity contribution in [3.63, 3.8) is 0 Å². The molecule has 1 aromatic rings. The monoisotopic (exact) mass is 201 g/mol. The van der Waals surface area contributed by atoms with Gasteiger partial charge in [-0.05, 0) is 6.92 Å². The van der Waals surface area contributed by atoms with Gasteiger partial charge in [-0.25, -0.2) is 9.18 Å². The molecule has 14 heavy (non-hydrogen) atoms. The van der Waals surface area contributed by atoms with Gasteiger partial charge in [0.05, 0.1) is 6.20 Å². The molecule has 1 rings (SSSR count). The van der Waals surface area contributed by atoms with Crippen LogP contribution in [0, 0.1) is 5.82 Å². The van der Waals surface area contributed by atoms with Gasteiger partial charge in [0, 0.05) is 0 Å². The van der Waals surface area contributed by atoms with Crippen LogP contribution in [0.1, 0.15) is 6.92 Å². The molecule has 0 saturated heterocycles. The minimum atomic E-state index is -1.15. The second-order valence-electron chi connectivity index (χ2n) is 2.62. The molecule has 0 aliphatic heterocycles. The van der Waals surface area contributed by atoms with Crippen LogP contribution in [0.2, 0.25) is 0 Å². The zero-order valence-electron chi connectivity index (χ0n) is 7.24. The highest BCUT2D eigenvalue weighted by Crippen LogP contribution is 2.06. The Balaban J connectivity index is 2.91. The maximum Gasteiger partial charge on any atom is 0.346 e. The Morgan fingerprint density at radius 1 is 1.79 bits per heavy atom. The summed E-state index contributed by atoms with van der Waals surface area (Å²) in [5.74, 6) is -2.24. The van der Waals surface area contributed by atoms with Gasteiger partial charge in [-0.1, -0.05) is 0 Å². The van der Waals surface area contributed by atoms with Crippen molar-refractivity contribution in [1.82, 2.24) is 9.97 Å². The number of anilines is 1. The Hall–Kier alpha value is -1.92. The van der Waals surface area contributed by atoms with E-state index in [1.807, 2.05) is 4.98 Å². The topological polar surface area (TPSA) is 95.1 Å². The van der Waals surface area contributed by atoms with Crippen molar-refractivity contribution < 1.29 is 14.3 Å². The lowest BCUT2D eigenvalue weighted by Gasteiger charge is -2.09. The zero-order chi connectivity index (χ0) is 10.7. The minimum Gasteiger partial charge on any atom is -0.480 e. The van der Waals surface area contributed by atoms with E-state index in [0.29, 0.717) is 0 Å². The Labute approximate surface area is 77.8 Å². The molecule has 3 N–H and O–H groups in total. The van der Waals surface area contributed by atoms with E-state index in [-0.39, 0.29) is 5.82 Å². The molecule has 0 spiro atoms. The zero-order valence-corrected chi connectivity index (χ0v) is 7.24. The van der Waals surface area contributed by atoms with Crippen LogP contribution < -0.4 is 11.0 Å². The highest BCUT2D eigenvalue weighted by Gasteiger charge is 2.13. The maximum absolute atomic E-state index is 12.9. The van der Waals surface area contributed by atoms with Crippen molar-refractivity contribution in [3.05, 3.63) is 22.5 Å². The number of halogens is 1. The van der Waals surface area contributed by atoms with Crippen LogP contribution in [0.4, 0.5) is 10.2 Å². The highest BCUT2D eigenvalue weighted by molar-refractivity contribution is 5.76. The third kappa shape index (κ3) is 2.28. The predicted octanol–water partition coefficient (Wildman–Crippen LogP) is -0.206. The fourth-order valence-electron chi connectivity index (χ4n) is 0.762. The summed E-state index contributed by atoms with van der Waals surface area (Å²) < 4.78 is 12.9. The SMILES string of the molecule is CC(Nc1[nH]c(=O)ncc1F)C(=O)O. The average Bonchev–Trinajstić information content (AvgIpc) is 2.11. The van der Waals surface area contributed by atoms with Crippen molar-refractivity contribution in [1.29, 1.82) is 0 Å². The Morgan fingerprint density at radius 3 is 3.00 bits per heavy atom. The highest BCUT2D eigenvalue weighted by atomic mass is 19.1. The van der Waals surface area contributed by atoms with Gasteiger partial charge < -0.3 is 10.4 Å². The molecule has 1 aromatic heterocycles. The lowest BCUT2D eigenvalue weighted by atomic mass is 10.3. The number of hydrogen-bond acceptors (Lipinski definition) is 4. The van der Waals surface area contributed by atoms with E-state index in [9.17, 15) is 14.0 Å². The number of aromatic amines is 1. The molecule has 0 amide bonds. The smallest absolute Gasteiger partial charge is 0.346 e. The third-order valence-electron chi connectivity index (χ3n) is 1.50. The first-order valence-corrected chi connectivity index (χ1v) is 3.75. The Kier molecular flexibility index (Phi) is 2.80. The van der Waals surface area contributed by atoms with Gasteiger partial charge in [0.25, 0.3) is 0 Å². The number of carboxylic acid groups (broad SMARTS) is 1. The summed E-state index contributed by atoms with van der Waals surface area (Å²) in [5, 5.41) is 10.8. The number of hydrogen-bond donors (Lipinski definition) is 3. The Morgan fingerprint density at radius 2 is 2.43 bits per heavy atom. The number of H-pyrrole nitrogens is 1. The molecule has 6 nitrogen and oxygen atoms in total. The standard InChI is InChI=1S/C7H8FN3O3/c1-3(6(12)13)10-5-4(8)2-9-7(14)11-5/h2-3H,1H3,(H,12,13)(H2,9,10,11,14). The predicted molar refractivity (Wildman–Crippen MR) is 45.5 cm³/mol. The number of nitrogens with one attached hydrogen (secondary N) is 2. The molecule has 1 heterocycles. The maximum atomic E-state index is 12.9. The van der Waals surface area contributed by atoms with Crippen LogP contribution in [0.3, 0.4) is 0 Å².